The Morgan fingerprint density at radius 1 is 1.32 bits per heavy atom. The maximum absolute atomic E-state index is 12.4. The summed E-state index contributed by atoms with van der Waals surface area (Å²) in [5.41, 5.74) is 5.87. The predicted octanol–water partition coefficient (Wildman–Crippen LogP) is 2.30. The molecule has 0 aliphatic heterocycles. The minimum Gasteiger partial charge on any atom is -0.277 e. The van der Waals surface area contributed by atoms with Crippen molar-refractivity contribution in [2.75, 3.05) is 5.43 Å². The van der Waals surface area contributed by atoms with E-state index in [2.05, 4.69) is 29.7 Å². The number of aromatic nitrogens is 2. The first kappa shape index (κ1) is 16.0. The topological polar surface area (TPSA) is 76.0 Å². The number of rotatable bonds is 6. The van der Waals surface area contributed by atoms with E-state index in [0.717, 1.165) is 6.42 Å². The third-order valence-electron chi connectivity index (χ3n) is 3.44. The van der Waals surface area contributed by atoms with Crippen LogP contribution in [0, 0.1) is 5.92 Å². The summed E-state index contributed by atoms with van der Waals surface area (Å²) in [6.07, 6.45) is 1.26. The Hall–Kier alpha value is -2.37. The molecule has 2 aromatic rings. The van der Waals surface area contributed by atoms with Gasteiger partial charge < -0.3 is 0 Å². The van der Waals surface area contributed by atoms with Crippen LogP contribution < -0.4 is 16.4 Å². The molecule has 0 saturated heterocycles. The zero-order valence-corrected chi connectivity index (χ0v) is 13.2. The summed E-state index contributed by atoms with van der Waals surface area (Å²) < 4.78 is 1.51. The van der Waals surface area contributed by atoms with Gasteiger partial charge in [0.1, 0.15) is 0 Å². The molecule has 6 heteroatoms. The van der Waals surface area contributed by atoms with Gasteiger partial charge in [-0.3, -0.25) is 25.0 Å². The normalized spacial score (nSPS) is 10.9. The number of carbonyl (C=O) groups is 1. The number of fused-ring (bicyclic) bond motifs is 1. The maximum Gasteiger partial charge on any atom is 0.262 e. The number of nitrogens with one attached hydrogen (secondary N) is 2. The van der Waals surface area contributed by atoms with E-state index in [4.69, 9.17) is 0 Å². The van der Waals surface area contributed by atoms with E-state index in [1.54, 1.807) is 12.1 Å². The molecule has 0 aliphatic carbocycles. The van der Waals surface area contributed by atoms with Crippen LogP contribution in [-0.2, 0) is 11.3 Å². The zero-order valence-electron chi connectivity index (χ0n) is 13.2. The van der Waals surface area contributed by atoms with Crippen LogP contribution in [0.15, 0.2) is 29.1 Å². The minimum atomic E-state index is -0.118. The van der Waals surface area contributed by atoms with Crippen molar-refractivity contribution in [2.24, 2.45) is 5.92 Å². The van der Waals surface area contributed by atoms with E-state index in [-0.39, 0.29) is 11.5 Å². The van der Waals surface area contributed by atoms with Crippen molar-refractivity contribution in [1.82, 2.24) is 15.0 Å². The zero-order chi connectivity index (χ0) is 16.1. The van der Waals surface area contributed by atoms with Gasteiger partial charge in [0.05, 0.1) is 10.9 Å². The van der Waals surface area contributed by atoms with Gasteiger partial charge in [-0.15, -0.1) is 0 Å². The van der Waals surface area contributed by atoms with Crippen LogP contribution in [0.5, 0.6) is 0 Å². The van der Waals surface area contributed by atoms with Crippen LogP contribution in [0.3, 0.4) is 0 Å². The molecule has 6 nitrogen and oxygen atoms in total. The fourth-order valence-electron chi connectivity index (χ4n) is 2.16. The summed E-state index contributed by atoms with van der Waals surface area (Å²) in [6, 6.07) is 7.17. The Kier molecular flexibility index (Phi) is 5.14. The lowest BCUT2D eigenvalue weighted by Crippen LogP contribution is -2.34. The second-order valence-electron chi connectivity index (χ2n) is 5.61. The molecule has 0 atom stereocenters. The molecule has 1 heterocycles. The number of hydrogen-bond acceptors (Lipinski definition) is 4. The summed E-state index contributed by atoms with van der Waals surface area (Å²) in [6.45, 7) is 6.48. The molecule has 0 unspecified atom stereocenters. The molecule has 0 spiro atoms. The lowest BCUT2D eigenvalue weighted by molar-refractivity contribution is -0.120. The third-order valence-corrected chi connectivity index (χ3v) is 3.44. The Labute approximate surface area is 129 Å². The second kappa shape index (κ2) is 7.06. The maximum atomic E-state index is 12.4. The van der Waals surface area contributed by atoms with Gasteiger partial charge >= 0.3 is 0 Å². The molecule has 22 heavy (non-hydrogen) atoms. The summed E-state index contributed by atoms with van der Waals surface area (Å²) >= 11 is 0. The van der Waals surface area contributed by atoms with Crippen LogP contribution in [0.25, 0.3) is 10.9 Å². The Morgan fingerprint density at radius 3 is 2.73 bits per heavy atom. The van der Waals surface area contributed by atoms with E-state index in [1.165, 1.54) is 4.57 Å². The summed E-state index contributed by atoms with van der Waals surface area (Å²) in [4.78, 5) is 28.6. The lowest BCUT2D eigenvalue weighted by atomic mass is 10.1. The highest BCUT2D eigenvalue weighted by Crippen LogP contribution is 2.10. The minimum absolute atomic E-state index is 0.112. The number of amides is 1. The van der Waals surface area contributed by atoms with Gasteiger partial charge in [-0.05, 0) is 31.4 Å². The quantitative estimate of drug-likeness (QED) is 0.803. The molecule has 2 rings (SSSR count). The van der Waals surface area contributed by atoms with Crippen molar-refractivity contribution in [3.05, 3.63) is 34.6 Å². The fourth-order valence-corrected chi connectivity index (χ4v) is 2.16. The SMILES string of the molecule is CCn1c(NNC(=O)CCC(C)C)nc2ccccc2c1=O. The molecule has 1 aromatic carbocycles. The van der Waals surface area contributed by atoms with Crippen LogP contribution >= 0.6 is 0 Å². The highest BCUT2D eigenvalue weighted by atomic mass is 16.2. The van der Waals surface area contributed by atoms with Crippen molar-refractivity contribution in [1.29, 1.82) is 0 Å². The summed E-state index contributed by atoms with van der Waals surface area (Å²) in [5.74, 6) is 0.709. The van der Waals surface area contributed by atoms with Crippen molar-refractivity contribution >= 4 is 22.8 Å². The molecule has 0 fully saturated rings. The molecule has 0 aliphatic rings. The van der Waals surface area contributed by atoms with Gasteiger partial charge in [-0.25, -0.2) is 4.98 Å². The standard InChI is InChI=1S/C16H22N4O2/c1-4-20-15(22)12-7-5-6-8-13(12)17-16(20)19-18-14(21)10-9-11(2)3/h5-8,11H,4,9-10H2,1-3H3,(H,17,19)(H,18,21). The predicted molar refractivity (Wildman–Crippen MR) is 87.5 cm³/mol. The van der Waals surface area contributed by atoms with Gasteiger partial charge in [0.15, 0.2) is 0 Å². The first-order valence-corrected chi connectivity index (χ1v) is 7.57. The van der Waals surface area contributed by atoms with Crippen molar-refractivity contribution in [2.45, 2.75) is 40.2 Å². The van der Waals surface area contributed by atoms with E-state index >= 15 is 0 Å². The van der Waals surface area contributed by atoms with E-state index in [1.807, 2.05) is 19.1 Å². The molecular formula is C16H22N4O2. The van der Waals surface area contributed by atoms with Gasteiger partial charge in [0.2, 0.25) is 11.9 Å². The highest BCUT2D eigenvalue weighted by molar-refractivity contribution is 5.79. The Morgan fingerprint density at radius 2 is 2.05 bits per heavy atom. The Balaban J connectivity index is 2.20. The van der Waals surface area contributed by atoms with Crippen LogP contribution in [-0.4, -0.2) is 15.5 Å². The number of benzene rings is 1. The molecule has 1 amide bonds. The van der Waals surface area contributed by atoms with Gasteiger partial charge in [-0.2, -0.15) is 0 Å². The van der Waals surface area contributed by atoms with Gasteiger partial charge in [0, 0.05) is 13.0 Å². The average molecular weight is 302 g/mol. The molecule has 0 saturated carbocycles. The van der Waals surface area contributed by atoms with Crippen molar-refractivity contribution in [3.63, 3.8) is 0 Å². The molecular weight excluding hydrogens is 280 g/mol. The number of anilines is 1. The average Bonchev–Trinajstić information content (AvgIpc) is 2.51. The van der Waals surface area contributed by atoms with Gasteiger partial charge in [0.25, 0.3) is 5.56 Å². The summed E-state index contributed by atoms with van der Waals surface area (Å²) in [5, 5.41) is 0.570. The molecule has 118 valence electrons. The molecule has 1 aromatic heterocycles. The largest absolute Gasteiger partial charge is 0.277 e. The third kappa shape index (κ3) is 3.63. The first-order valence-electron chi connectivity index (χ1n) is 7.57. The van der Waals surface area contributed by atoms with E-state index < -0.39 is 0 Å². The molecule has 2 N–H and O–H groups in total. The fraction of sp³-hybridized carbons (Fsp3) is 0.438. The monoisotopic (exact) mass is 302 g/mol. The smallest absolute Gasteiger partial charge is 0.262 e. The van der Waals surface area contributed by atoms with Crippen molar-refractivity contribution < 1.29 is 4.79 Å². The first-order chi connectivity index (χ1) is 10.5. The molecule has 0 radical (unpaired) electrons. The number of hydrazine groups is 1. The van der Waals surface area contributed by atoms with Crippen LogP contribution in [0.1, 0.15) is 33.6 Å². The van der Waals surface area contributed by atoms with Crippen molar-refractivity contribution in [3.8, 4) is 0 Å². The van der Waals surface area contributed by atoms with E-state index in [0.29, 0.717) is 35.7 Å². The molecule has 0 bridgehead atoms. The van der Waals surface area contributed by atoms with Gasteiger partial charge in [-0.1, -0.05) is 26.0 Å². The van der Waals surface area contributed by atoms with Crippen LogP contribution in [0.2, 0.25) is 0 Å². The number of hydrogen-bond donors (Lipinski definition) is 2. The summed E-state index contributed by atoms with van der Waals surface area (Å²) in [7, 11) is 0. The Bertz CT molecular complexity index is 722. The number of para-hydroxylation sites is 1. The lowest BCUT2D eigenvalue weighted by Gasteiger charge is -2.14. The number of carbonyl (C=O) groups excluding carboxylic acids is 1. The number of nitrogens with zero attached hydrogens (tertiary/aromatic N) is 2. The van der Waals surface area contributed by atoms with E-state index in [9.17, 15) is 9.59 Å². The highest BCUT2D eigenvalue weighted by Gasteiger charge is 2.10. The second-order valence-corrected chi connectivity index (χ2v) is 5.61. The van der Waals surface area contributed by atoms with Crippen LogP contribution in [0.4, 0.5) is 5.95 Å².